The molecule has 6 nitrogen and oxygen atoms in total. The molecule has 0 amide bonds. The number of nitrogens with zero attached hydrogens (tertiary/aromatic N) is 4. The molecule has 3 heterocycles. The maximum Gasteiger partial charge on any atom is 0.217 e. The molecule has 1 N–H and O–H groups in total. The minimum Gasteiger partial charge on any atom is -0.438 e. The highest BCUT2D eigenvalue weighted by Gasteiger charge is 2.26. The summed E-state index contributed by atoms with van der Waals surface area (Å²) in [7, 11) is 0. The van der Waals surface area contributed by atoms with Crippen molar-refractivity contribution in [3.05, 3.63) is 90.5 Å². The number of para-hydroxylation sites is 2. The Bertz CT molecular complexity index is 1530. The van der Waals surface area contributed by atoms with Crippen molar-refractivity contribution < 1.29 is 4.42 Å². The highest BCUT2D eigenvalue weighted by Crippen LogP contribution is 2.43. The van der Waals surface area contributed by atoms with Crippen LogP contribution in [0.25, 0.3) is 33.5 Å². The molecule has 0 atom stereocenters. The van der Waals surface area contributed by atoms with E-state index in [1.165, 1.54) is 0 Å². The largest absolute Gasteiger partial charge is 0.438 e. The zero-order valence-electron chi connectivity index (χ0n) is 19.1. The van der Waals surface area contributed by atoms with Gasteiger partial charge in [0, 0.05) is 24.2 Å². The van der Waals surface area contributed by atoms with Gasteiger partial charge in [-0.2, -0.15) is 5.26 Å². The fraction of sp³-hybridized carbons (Fsp3) is 0.138. The minimum absolute atomic E-state index is 0.371. The summed E-state index contributed by atoms with van der Waals surface area (Å²) in [5, 5.41) is 13.6. The van der Waals surface area contributed by atoms with E-state index in [-0.39, 0.29) is 0 Å². The molecular formula is C29H23N5O. The number of anilines is 3. The molecule has 0 saturated carbocycles. The molecule has 170 valence electrons. The summed E-state index contributed by atoms with van der Waals surface area (Å²) in [5.74, 6) is 2.39. The number of hydrogen-bond acceptors (Lipinski definition) is 6. The Kier molecular flexibility index (Phi) is 5.36. The maximum absolute atomic E-state index is 10.3. The lowest BCUT2D eigenvalue weighted by Gasteiger charge is -2.20. The summed E-state index contributed by atoms with van der Waals surface area (Å²) in [6.45, 7) is 1.85. The number of rotatable bonds is 5. The molecular weight excluding hydrogens is 434 g/mol. The number of hydrogen-bond donors (Lipinski definition) is 1. The van der Waals surface area contributed by atoms with Crippen LogP contribution in [0, 0.1) is 11.3 Å². The van der Waals surface area contributed by atoms with Crippen LogP contribution >= 0.6 is 0 Å². The van der Waals surface area contributed by atoms with E-state index in [0.717, 1.165) is 59.5 Å². The van der Waals surface area contributed by atoms with Gasteiger partial charge < -0.3 is 14.6 Å². The second-order valence-electron chi connectivity index (χ2n) is 8.56. The molecule has 1 aliphatic heterocycles. The van der Waals surface area contributed by atoms with Gasteiger partial charge in [0.1, 0.15) is 17.4 Å². The van der Waals surface area contributed by atoms with E-state index in [9.17, 15) is 5.26 Å². The van der Waals surface area contributed by atoms with Crippen LogP contribution in [-0.2, 0) is 0 Å². The fourth-order valence-electron chi connectivity index (χ4n) is 4.63. The summed E-state index contributed by atoms with van der Waals surface area (Å²) < 4.78 is 6.39. The summed E-state index contributed by atoms with van der Waals surface area (Å²) >= 11 is 0. The lowest BCUT2D eigenvalue weighted by Crippen LogP contribution is -2.21. The maximum atomic E-state index is 10.3. The number of fused-ring (bicyclic) bond motifs is 1. The third-order valence-corrected chi connectivity index (χ3v) is 6.31. The number of benzene rings is 3. The van der Waals surface area contributed by atoms with Crippen LogP contribution in [0.1, 0.15) is 18.4 Å². The molecule has 6 rings (SSSR count). The first-order valence-electron chi connectivity index (χ1n) is 11.8. The van der Waals surface area contributed by atoms with Crippen molar-refractivity contribution in [2.45, 2.75) is 12.8 Å². The van der Waals surface area contributed by atoms with Crippen LogP contribution in [0.3, 0.4) is 0 Å². The first-order chi connectivity index (χ1) is 17.3. The number of furan rings is 1. The van der Waals surface area contributed by atoms with Gasteiger partial charge in [0.15, 0.2) is 11.6 Å². The van der Waals surface area contributed by atoms with Crippen molar-refractivity contribution in [3.63, 3.8) is 0 Å². The standard InChI is InChI=1S/C29H23N5O/c30-19-22-25(20-11-3-1-4-12-20)26(21-13-5-2-6-14-21)35-29(22)33-27-28(34-17-9-10-18-34)32-24-16-8-7-15-23(24)31-27/h1-8,11-16H,9-10,17-18H2,(H,31,33). The Hall–Kier alpha value is -4.63. The second-order valence-corrected chi connectivity index (χ2v) is 8.56. The first kappa shape index (κ1) is 20.9. The predicted molar refractivity (Wildman–Crippen MR) is 139 cm³/mol. The minimum atomic E-state index is 0.371. The smallest absolute Gasteiger partial charge is 0.217 e. The molecule has 2 aromatic heterocycles. The average Bonchev–Trinajstić information content (AvgIpc) is 3.58. The highest BCUT2D eigenvalue weighted by molar-refractivity contribution is 5.90. The van der Waals surface area contributed by atoms with Gasteiger partial charge in [0.05, 0.1) is 11.0 Å². The van der Waals surface area contributed by atoms with E-state index in [2.05, 4.69) is 16.3 Å². The predicted octanol–water partition coefficient (Wildman–Crippen LogP) is 6.77. The zero-order valence-corrected chi connectivity index (χ0v) is 19.1. The van der Waals surface area contributed by atoms with Crippen LogP contribution in [0.4, 0.5) is 17.5 Å². The van der Waals surface area contributed by atoms with Crippen molar-refractivity contribution in [2.24, 2.45) is 0 Å². The van der Waals surface area contributed by atoms with Gasteiger partial charge in [-0.25, -0.2) is 9.97 Å². The molecule has 0 radical (unpaired) electrons. The van der Waals surface area contributed by atoms with Gasteiger partial charge in [-0.1, -0.05) is 72.8 Å². The molecule has 0 spiro atoms. The second kappa shape index (κ2) is 8.96. The normalized spacial score (nSPS) is 13.2. The van der Waals surface area contributed by atoms with Crippen molar-refractivity contribution in [2.75, 3.05) is 23.3 Å². The van der Waals surface area contributed by atoms with Gasteiger partial charge in [-0.15, -0.1) is 0 Å². The Morgan fingerprint density at radius 3 is 2.03 bits per heavy atom. The third kappa shape index (κ3) is 3.87. The molecule has 1 saturated heterocycles. The highest BCUT2D eigenvalue weighted by atomic mass is 16.4. The van der Waals surface area contributed by atoms with Crippen LogP contribution in [0.2, 0.25) is 0 Å². The zero-order chi connectivity index (χ0) is 23.6. The van der Waals surface area contributed by atoms with Crippen LogP contribution in [-0.4, -0.2) is 23.1 Å². The molecule has 5 aromatic rings. The van der Waals surface area contributed by atoms with E-state index in [1.807, 2.05) is 84.9 Å². The SMILES string of the molecule is N#Cc1c(Nc2nc3ccccc3nc2N2CCCC2)oc(-c2ccccc2)c1-c1ccccc1. The van der Waals surface area contributed by atoms with Crippen molar-refractivity contribution in [1.29, 1.82) is 5.26 Å². The van der Waals surface area contributed by atoms with Crippen LogP contribution in [0.5, 0.6) is 0 Å². The summed E-state index contributed by atoms with van der Waals surface area (Å²) in [4.78, 5) is 12.1. The van der Waals surface area contributed by atoms with E-state index in [4.69, 9.17) is 14.4 Å². The third-order valence-electron chi connectivity index (χ3n) is 6.31. The first-order valence-corrected chi connectivity index (χ1v) is 11.8. The molecule has 3 aromatic carbocycles. The van der Waals surface area contributed by atoms with Crippen molar-refractivity contribution >= 4 is 28.6 Å². The summed E-state index contributed by atoms with van der Waals surface area (Å²) in [6, 6.07) is 30.0. The van der Waals surface area contributed by atoms with Gasteiger partial charge in [0.25, 0.3) is 0 Å². The van der Waals surface area contributed by atoms with Crippen LogP contribution < -0.4 is 10.2 Å². The number of nitriles is 1. The lowest BCUT2D eigenvalue weighted by molar-refractivity contribution is 0.599. The number of aromatic nitrogens is 2. The number of nitrogens with one attached hydrogen (secondary N) is 1. The monoisotopic (exact) mass is 457 g/mol. The quantitative estimate of drug-likeness (QED) is 0.314. The molecule has 0 bridgehead atoms. The Labute approximate surface area is 203 Å². The molecule has 6 heteroatoms. The molecule has 1 aliphatic rings. The average molecular weight is 458 g/mol. The molecule has 1 fully saturated rings. The Morgan fingerprint density at radius 1 is 0.771 bits per heavy atom. The topological polar surface area (TPSA) is 78.0 Å². The van der Waals surface area contributed by atoms with Gasteiger partial charge in [-0.3, -0.25) is 0 Å². The molecule has 0 aliphatic carbocycles. The summed E-state index contributed by atoms with van der Waals surface area (Å²) in [5.41, 5.74) is 4.66. The van der Waals surface area contributed by atoms with E-state index in [0.29, 0.717) is 23.0 Å². The Balaban J connectivity index is 1.53. The fourth-order valence-corrected chi connectivity index (χ4v) is 4.63. The van der Waals surface area contributed by atoms with Crippen molar-refractivity contribution in [1.82, 2.24) is 9.97 Å². The van der Waals surface area contributed by atoms with E-state index >= 15 is 0 Å². The summed E-state index contributed by atoms with van der Waals surface area (Å²) in [6.07, 6.45) is 2.24. The molecule has 0 unspecified atom stereocenters. The van der Waals surface area contributed by atoms with Crippen molar-refractivity contribution in [3.8, 4) is 28.5 Å². The Morgan fingerprint density at radius 2 is 1.37 bits per heavy atom. The van der Waals surface area contributed by atoms with Crippen LogP contribution in [0.15, 0.2) is 89.3 Å². The molecule has 35 heavy (non-hydrogen) atoms. The van der Waals surface area contributed by atoms with Gasteiger partial charge >= 0.3 is 0 Å². The lowest BCUT2D eigenvalue weighted by atomic mass is 9.98. The van der Waals surface area contributed by atoms with E-state index < -0.39 is 0 Å². The van der Waals surface area contributed by atoms with E-state index in [1.54, 1.807) is 0 Å². The van der Waals surface area contributed by atoms with Gasteiger partial charge in [-0.05, 0) is 30.5 Å². The van der Waals surface area contributed by atoms with Gasteiger partial charge in [0.2, 0.25) is 5.88 Å².